The number of carbonyl (C=O) groups excluding carboxylic acids is 2. The molecule has 8 nitrogen and oxygen atoms in total. The Bertz CT molecular complexity index is 781. The maximum absolute atomic E-state index is 12.9. The van der Waals surface area contributed by atoms with Crippen LogP contribution in [0.4, 0.5) is 5.69 Å². The summed E-state index contributed by atoms with van der Waals surface area (Å²) in [6, 6.07) is 6.13. The van der Waals surface area contributed by atoms with E-state index in [4.69, 9.17) is 0 Å². The Labute approximate surface area is 170 Å². The van der Waals surface area contributed by atoms with Crippen LogP contribution in [-0.4, -0.2) is 64.8 Å². The topological polar surface area (TPSA) is 95.8 Å². The van der Waals surface area contributed by atoms with Crippen molar-refractivity contribution in [3.05, 3.63) is 39.9 Å². The molecule has 3 aliphatic rings. The second-order valence-corrected chi connectivity index (χ2v) is 8.41. The van der Waals surface area contributed by atoms with Crippen molar-refractivity contribution in [2.75, 3.05) is 26.2 Å². The van der Waals surface area contributed by atoms with Gasteiger partial charge >= 0.3 is 0 Å². The van der Waals surface area contributed by atoms with Crippen LogP contribution in [0.25, 0.3) is 0 Å². The van der Waals surface area contributed by atoms with Crippen LogP contribution in [0.2, 0.25) is 0 Å². The van der Waals surface area contributed by atoms with Crippen molar-refractivity contribution in [1.29, 1.82) is 0 Å². The van der Waals surface area contributed by atoms with Gasteiger partial charge in [0.2, 0.25) is 5.91 Å². The Hall–Kier alpha value is -2.48. The summed E-state index contributed by atoms with van der Waals surface area (Å²) in [5.74, 6) is 0.360. The highest BCUT2D eigenvalue weighted by Gasteiger charge is 2.39. The highest BCUT2D eigenvalue weighted by molar-refractivity contribution is 5.95. The first-order valence-electron chi connectivity index (χ1n) is 10.6. The van der Waals surface area contributed by atoms with E-state index in [0.717, 1.165) is 25.7 Å². The van der Waals surface area contributed by atoms with E-state index in [1.165, 1.54) is 25.0 Å². The third-order valence-corrected chi connectivity index (χ3v) is 6.34. The number of benzene rings is 1. The highest BCUT2D eigenvalue weighted by atomic mass is 16.6. The number of nitrogens with zero attached hydrogens (tertiary/aromatic N) is 3. The summed E-state index contributed by atoms with van der Waals surface area (Å²) in [6.07, 6.45) is 6.71. The van der Waals surface area contributed by atoms with E-state index in [0.29, 0.717) is 43.7 Å². The van der Waals surface area contributed by atoms with Gasteiger partial charge in [-0.1, -0.05) is 18.9 Å². The molecule has 0 radical (unpaired) electrons. The molecule has 156 valence electrons. The lowest BCUT2D eigenvalue weighted by Crippen LogP contribution is -2.58. The Kier molecular flexibility index (Phi) is 5.80. The molecule has 4 rings (SSSR count). The fourth-order valence-electron chi connectivity index (χ4n) is 4.60. The SMILES string of the molecule is O=C(NC1CC1)C(C1CCCC1)N1CCN(C(=O)c2cccc([N+](=O)[O-])c2)CC1. The van der Waals surface area contributed by atoms with Crippen molar-refractivity contribution in [2.24, 2.45) is 5.92 Å². The fourth-order valence-corrected chi connectivity index (χ4v) is 4.60. The van der Waals surface area contributed by atoms with Gasteiger partial charge in [-0.05, 0) is 37.7 Å². The molecule has 1 saturated heterocycles. The third kappa shape index (κ3) is 4.58. The number of nitrogens with one attached hydrogen (secondary N) is 1. The third-order valence-electron chi connectivity index (χ3n) is 6.34. The number of hydrogen-bond acceptors (Lipinski definition) is 5. The number of hydrogen-bond donors (Lipinski definition) is 1. The van der Waals surface area contributed by atoms with Crippen LogP contribution < -0.4 is 5.32 Å². The number of nitro benzene ring substituents is 1. The molecule has 8 heteroatoms. The largest absolute Gasteiger partial charge is 0.352 e. The van der Waals surface area contributed by atoms with Crippen LogP contribution in [-0.2, 0) is 4.79 Å². The minimum atomic E-state index is -0.487. The Morgan fingerprint density at radius 2 is 1.76 bits per heavy atom. The summed E-state index contributed by atoms with van der Waals surface area (Å²) < 4.78 is 0. The first-order valence-corrected chi connectivity index (χ1v) is 10.6. The van der Waals surface area contributed by atoms with Crippen molar-refractivity contribution in [3.63, 3.8) is 0 Å². The maximum atomic E-state index is 12.9. The molecule has 1 N–H and O–H groups in total. The number of non-ortho nitro benzene ring substituents is 1. The van der Waals surface area contributed by atoms with Crippen LogP contribution in [0.5, 0.6) is 0 Å². The van der Waals surface area contributed by atoms with Crippen molar-refractivity contribution in [2.45, 2.75) is 50.6 Å². The Morgan fingerprint density at radius 1 is 1.07 bits per heavy atom. The highest BCUT2D eigenvalue weighted by Crippen LogP contribution is 2.32. The summed E-state index contributed by atoms with van der Waals surface area (Å²) in [4.78, 5) is 40.2. The molecule has 0 bridgehead atoms. The van der Waals surface area contributed by atoms with Gasteiger partial charge in [0.25, 0.3) is 11.6 Å². The van der Waals surface area contributed by atoms with Gasteiger partial charge < -0.3 is 10.2 Å². The molecule has 1 aromatic carbocycles. The Morgan fingerprint density at radius 3 is 2.38 bits per heavy atom. The summed E-state index contributed by atoms with van der Waals surface area (Å²) in [5, 5.41) is 14.2. The van der Waals surface area contributed by atoms with Gasteiger partial charge in [0.1, 0.15) is 0 Å². The molecule has 2 saturated carbocycles. The van der Waals surface area contributed by atoms with E-state index >= 15 is 0 Å². The molecule has 1 aliphatic heterocycles. The first kappa shape index (κ1) is 19.8. The molecule has 2 aliphatic carbocycles. The van der Waals surface area contributed by atoms with Gasteiger partial charge in [0, 0.05) is 49.9 Å². The van der Waals surface area contributed by atoms with E-state index in [2.05, 4.69) is 10.2 Å². The van der Waals surface area contributed by atoms with Crippen LogP contribution in [0, 0.1) is 16.0 Å². The monoisotopic (exact) mass is 400 g/mol. The van der Waals surface area contributed by atoms with Gasteiger partial charge in [0.05, 0.1) is 11.0 Å². The zero-order valence-corrected chi connectivity index (χ0v) is 16.6. The summed E-state index contributed by atoms with van der Waals surface area (Å²) in [7, 11) is 0. The van der Waals surface area contributed by atoms with Crippen molar-refractivity contribution in [1.82, 2.24) is 15.1 Å². The van der Waals surface area contributed by atoms with E-state index in [-0.39, 0.29) is 23.5 Å². The smallest absolute Gasteiger partial charge is 0.270 e. The Balaban J connectivity index is 1.40. The molecule has 3 fully saturated rings. The lowest BCUT2D eigenvalue weighted by molar-refractivity contribution is -0.384. The lowest BCUT2D eigenvalue weighted by Gasteiger charge is -2.40. The van der Waals surface area contributed by atoms with E-state index < -0.39 is 4.92 Å². The van der Waals surface area contributed by atoms with E-state index in [1.54, 1.807) is 17.0 Å². The lowest BCUT2D eigenvalue weighted by atomic mass is 9.95. The number of amides is 2. The molecule has 2 amide bonds. The van der Waals surface area contributed by atoms with E-state index in [9.17, 15) is 19.7 Å². The van der Waals surface area contributed by atoms with Crippen LogP contribution in [0.3, 0.4) is 0 Å². The second-order valence-electron chi connectivity index (χ2n) is 8.41. The molecule has 1 unspecified atom stereocenters. The van der Waals surface area contributed by atoms with Crippen molar-refractivity contribution >= 4 is 17.5 Å². The predicted molar refractivity (Wildman–Crippen MR) is 107 cm³/mol. The van der Waals surface area contributed by atoms with Gasteiger partial charge in [-0.15, -0.1) is 0 Å². The minimum Gasteiger partial charge on any atom is -0.352 e. The zero-order chi connectivity index (χ0) is 20.4. The van der Waals surface area contributed by atoms with Crippen molar-refractivity contribution < 1.29 is 14.5 Å². The second kappa shape index (κ2) is 8.49. The van der Waals surface area contributed by atoms with Gasteiger partial charge in [-0.2, -0.15) is 0 Å². The fraction of sp³-hybridized carbons (Fsp3) is 0.619. The summed E-state index contributed by atoms with van der Waals surface area (Å²) >= 11 is 0. The van der Waals surface area contributed by atoms with Crippen molar-refractivity contribution in [3.8, 4) is 0 Å². The molecule has 29 heavy (non-hydrogen) atoms. The molecular weight excluding hydrogens is 372 g/mol. The number of piperazine rings is 1. The van der Waals surface area contributed by atoms with Crippen LogP contribution >= 0.6 is 0 Å². The quantitative estimate of drug-likeness (QED) is 0.583. The zero-order valence-electron chi connectivity index (χ0n) is 16.6. The van der Waals surface area contributed by atoms with Crippen LogP contribution in [0.15, 0.2) is 24.3 Å². The molecule has 0 aromatic heterocycles. The van der Waals surface area contributed by atoms with Crippen LogP contribution in [0.1, 0.15) is 48.9 Å². The van der Waals surface area contributed by atoms with Gasteiger partial charge in [-0.25, -0.2) is 0 Å². The molecule has 1 aromatic rings. The first-order chi connectivity index (χ1) is 14.0. The number of rotatable bonds is 6. The number of nitro groups is 1. The average Bonchev–Trinajstić information content (AvgIpc) is 3.38. The van der Waals surface area contributed by atoms with E-state index in [1.807, 2.05) is 0 Å². The average molecular weight is 400 g/mol. The molecular formula is C21H28N4O4. The maximum Gasteiger partial charge on any atom is 0.270 e. The summed E-state index contributed by atoms with van der Waals surface area (Å²) in [5.41, 5.74) is 0.263. The normalized spacial score (nSPS) is 21.7. The summed E-state index contributed by atoms with van der Waals surface area (Å²) in [6.45, 7) is 2.36. The molecule has 0 spiro atoms. The minimum absolute atomic E-state index is 0.0764. The predicted octanol–water partition coefficient (Wildman–Crippen LogP) is 2.19. The number of carbonyl (C=O) groups is 2. The van der Waals surface area contributed by atoms with Gasteiger partial charge in [0.15, 0.2) is 0 Å². The molecule has 1 atom stereocenters. The standard InChI is InChI=1S/C21H28N4O4/c26-20(22-17-8-9-17)19(15-4-1-2-5-15)23-10-12-24(13-11-23)21(27)16-6-3-7-18(14-16)25(28)29/h3,6-7,14-15,17,19H,1-2,4-5,8-13H2,(H,22,26). The van der Waals surface area contributed by atoms with Gasteiger partial charge in [-0.3, -0.25) is 24.6 Å². The molecule has 1 heterocycles.